The van der Waals surface area contributed by atoms with E-state index < -0.39 is 0 Å². The van der Waals surface area contributed by atoms with Crippen molar-refractivity contribution in [1.29, 1.82) is 0 Å². The van der Waals surface area contributed by atoms with Crippen LogP contribution in [-0.2, 0) is 17.6 Å². The van der Waals surface area contributed by atoms with E-state index in [9.17, 15) is 9.59 Å². The topological polar surface area (TPSA) is 73.2 Å². The zero-order chi connectivity index (χ0) is 24.2. The fourth-order valence-electron chi connectivity index (χ4n) is 4.37. The average molecular weight is 486 g/mol. The summed E-state index contributed by atoms with van der Waals surface area (Å²) in [4.78, 5) is 27.8. The van der Waals surface area contributed by atoms with Gasteiger partial charge < -0.3 is 10.1 Å². The van der Waals surface area contributed by atoms with Crippen LogP contribution >= 0.6 is 11.3 Å². The van der Waals surface area contributed by atoms with Gasteiger partial charge in [-0.1, -0.05) is 55.5 Å². The smallest absolute Gasteiger partial charge is 0.341 e. The second-order valence-corrected chi connectivity index (χ2v) is 9.65. The second kappa shape index (κ2) is 10.3. The van der Waals surface area contributed by atoms with Crippen LogP contribution in [0.2, 0.25) is 0 Å². The summed E-state index contributed by atoms with van der Waals surface area (Å²) < 4.78 is 7.20. The molecule has 2 aromatic carbocycles. The first-order valence-electron chi connectivity index (χ1n) is 12.0. The van der Waals surface area contributed by atoms with Gasteiger partial charge in [-0.15, -0.1) is 11.3 Å². The molecule has 0 atom stereocenters. The van der Waals surface area contributed by atoms with Gasteiger partial charge in [0.2, 0.25) is 0 Å². The minimum absolute atomic E-state index is 0.297. The van der Waals surface area contributed by atoms with Crippen molar-refractivity contribution in [2.45, 2.75) is 39.0 Å². The highest BCUT2D eigenvalue weighted by Crippen LogP contribution is 2.39. The van der Waals surface area contributed by atoms with Crippen molar-refractivity contribution in [3.63, 3.8) is 0 Å². The van der Waals surface area contributed by atoms with Gasteiger partial charge in [0.05, 0.1) is 23.4 Å². The van der Waals surface area contributed by atoms with Crippen LogP contribution in [0.15, 0.2) is 66.9 Å². The Labute approximate surface area is 208 Å². The number of carbonyl (C=O) groups excluding carboxylic acids is 2. The summed E-state index contributed by atoms with van der Waals surface area (Å²) in [6.07, 6.45) is 6.37. The number of amides is 1. The van der Waals surface area contributed by atoms with Gasteiger partial charge in [0.25, 0.3) is 5.91 Å². The van der Waals surface area contributed by atoms with E-state index in [1.807, 2.05) is 67.6 Å². The van der Waals surface area contributed by atoms with Gasteiger partial charge in [-0.3, -0.25) is 4.79 Å². The summed E-state index contributed by atoms with van der Waals surface area (Å²) >= 11 is 1.49. The van der Waals surface area contributed by atoms with Gasteiger partial charge in [0, 0.05) is 16.6 Å². The number of benzene rings is 2. The number of hydrogen-bond donors (Lipinski definition) is 1. The second-order valence-electron chi connectivity index (χ2n) is 8.54. The molecule has 0 spiro atoms. The summed E-state index contributed by atoms with van der Waals surface area (Å²) in [6.45, 7) is 2.33. The zero-order valence-electron chi connectivity index (χ0n) is 19.6. The Morgan fingerprint density at radius 2 is 1.74 bits per heavy atom. The number of fused-ring (bicyclic) bond motifs is 1. The van der Waals surface area contributed by atoms with Crippen LogP contribution in [-0.4, -0.2) is 28.3 Å². The van der Waals surface area contributed by atoms with E-state index in [0.29, 0.717) is 28.4 Å². The van der Waals surface area contributed by atoms with Crippen molar-refractivity contribution < 1.29 is 14.3 Å². The number of hydrogen-bond acceptors (Lipinski definition) is 5. The third-order valence-electron chi connectivity index (χ3n) is 6.07. The van der Waals surface area contributed by atoms with Crippen LogP contribution < -0.4 is 5.32 Å². The van der Waals surface area contributed by atoms with E-state index in [-0.39, 0.29) is 11.9 Å². The first kappa shape index (κ1) is 23.1. The fraction of sp³-hybridized carbons (Fsp3) is 0.250. The average Bonchev–Trinajstić information content (AvgIpc) is 3.50. The summed E-state index contributed by atoms with van der Waals surface area (Å²) in [5, 5.41) is 8.35. The van der Waals surface area contributed by atoms with Crippen LogP contribution in [0.3, 0.4) is 0 Å². The predicted octanol–water partition coefficient (Wildman–Crippen LogP) is 6.30. The Hall–Kier alpha value is -3.71. The molecular formula is C28H27N3O3S. The van der Waals surface area contributed by atoms with E-state index >= 15 is 0 Å². The molecule has 2 aromatic heterocycles. The molecule has 178 valence electrons. The van der Waals surface area contributed by atoms with Crippen LogP contribution in [0.5, 0.6) is 0 Å². The Morgan fingerprint density at radius 1 is 1.03 bits per heavy atom. The predicted molar refractivity (Wildman–Crippen MR) is 138 cm³/mol. The van der Waals surface area contributed by atoms with Gasteiger partial charge in [0.1, 0.15) is 10.7 Å². The van der Waals surface area contributed by atoms with Crippen LogP contribution in [0.25, 0.3) is 16.9 Å². The molecule has 5 rings (SSSR count). The number of aryl methyl sites for hydroxylation is 1. The van der Waals surface area contributed by atoms with Gasteiger partial charge in [-0.05, 0) is 49.8 Å². The molecule has 0 bridgehead atoms. The normalized spacial score (nSPS) is 12.7. The number of para-hydroxylation sites is 1. The highest BCUT2D eigenvalue weighted by Gasteiger charge is 2.28. The van der Waals surface area contributed by atoms with Gasteiger partial charge in [-0.25, -0.2) is 9.48 Å². The lowest BCUT2D eigenvalue weighted by atomic mass is 9.95. The molecule has 0 aliphatic heterocycles. The van der Waals surface area contributed by atoms with Crippen LogP contribution in [0.4, 0.5) is 5.00 Å². The maximum absolute atomic E-state index is 13.6. The molecule has 1 aliphatic rings. The van der Waals surface area contributed by atoms with Crippen LogP contribution in [0.1, 0.15) is 57.3 Å². The van der Waals surface area contributed by atoms with Gasteiger partial charge >= 0.3 is 5.97 Å². The lowest BCUT2D eigenvalue weighted by molar-refractivity contribution is 0.0505. The Balaban J connectivity index is 1.53. The Kier molecular flexibility index (Phi) is 6.77. The number of ether oxygens (including phenoxy) is 1. The van der Waals surface area contributed by atoms with Crippen molar-refractivity contribution in [3.05, 3.63) is 88.4 Å². The molecule has 1 N–H and O–H groups in total. The molecule has 0 unspecified atom stereocenters. The summed E-state index contributed by atoms with van der Waals surface area (Å²) in [6, 6.07) is 19.3. The van der Waals surface area contributed by atoms with E-state index in [0.717, 1.165) is 48.9 Å². The Morgan fingerprint density at radius 3 is 2.49 bits per heavy atom. The van der Waals surface area contributed by atoms with Gasteiger partial charge in [-0.2, -0.15) is 5.10 Å². The van der Waals surface area contributed by atoms with E-state index in [1.165, 1.54) is 16.2 Å². The molecular weight excluding hydrogens is 458 g/mol. The number of aromatic nitrogens is 2. The highest BCUT2D eigenvalue weighted by atomic mass is 32.1. The van der Waals surface area contributed by atoms with Crippen molar-refractivity contribution >= 4 is 28.2 Å². The lowest BCUT2D eigenvalue weighted by Crippen LogP contribution is -2.16. The summed E-state index contributed by atoms with van der Waals surface area (Å²) in [5.41, 5.74) is 4.28. The molecule has 4 aromatic rings. The van der Waals surface area contributed by atoms with E-state index in [4.69, 9.17) is 9.84 Å². The van der Waals surface area contributed by atoms with Crippen molar-refractivity contribution in [2.24, 2.45) is 0 Å². The summed E-state index contributed by atoms with van der Waals surface area (Å²) in [7, 11) is 0. The monoisotopic (exact) mass is 485 g/mol. The Bertz CT molecular complexity index is 1340. The molecule has 1 aliphatic carbocycles. The first-order chi connectivity index (χ1) is 17.2. The first-order valence-corrected chi connectivity index (χ1v) is 12.8. The largest absolute Gasteiger partial charge is 0.462 e. The molecule has 0 saturated heterocycles. The quantitative estimate of drug-likeness (QED) is 0.312. The molecule has 6 nitrogen and oxygen atoms in total. The number of anilines is 1. The molecule has 1 amide bonds. The number of thiophene rings is 1. The number of esters is 1. The molecule has 0 saturated carbocycles. The van der Waals surface area contributed by atoms with Gasteiger partial charge in [0.15, 0.2) is 0 Å². The minimum Gasteiger partial charge on any atom is -0.462 e. The standard InChI is InChI=1S/C28H27N3O3S/c1-2-17-34-28(33)24-21-15-9-10-16-23(21)35-27(24)29-26(32)22-18-31(20-13-7-4-8-14-20)30-25(22)19-11-5-3-6-12-19/h3-8,11-14,18H,2,9-10,15-17H2,1H3,(H,29,32). The maximum Gasteiger partial charge on any atom is 0.341 e. The lowest BCUT2D eigenvalue weighted by Gasteiger charge is -2.12. The number of nitrogens with zero attached hydrogens (tertiary/aromatic N) is 2. The SMILES string of the molecule is CCCOC(=O)c1c(NC(=O)c2cn(-c3ccccc3)nc2-c2ccccc2)sc2c1CCCC2. The molecule has 7 heteroatoms. The fourth-order valence-corrected chi connectivity index (χ4v) is 5.64. The van der Waals surface area contributed by atoms with Crippen LogP contribution in [0, 0.1) is 0 Å². The third-order valence-corrected chi connectivity index (χ3v) is 7.27. The minimum atomic E-state index is -0.357. The molecule has 0 fully saturated rings. The molecule has 0 radical (unpaired) electrons. The van der Waals surface area contributed by atoms with E-state index in [1.54, 1.807) is 10.9 Å². The van der Waals surface area contributed by atoms with Crippen molar-refractivity contribution in [3.8, 4) is 16.9 Å². The number of nitrogens with one attached hydrogen (secondary N) is 1. The van der Waals surface area contributed by atoms with E-state index in [2.05, 4.69) is 5.32 Å². The van der Waals surface area contributed by atoms with Crippen molar-refractivity contribution in [1.82, 2.24) is 9.78 Å². The zero-order valence-corrected chi connectivity index (χ0v) is 20.4. The molecule has 35 heavy (non-hydrogen) atoms. The summed E-state index contributed by atoms with van der Waals surface area (Å²) in [5.74, 6) is -0.654. The van der Waals surface area contributed by atoms with Crippen molar-refractivity contribution in [2.75, 3.05) is 11.9 Å². The third kappa shape index (κ3) is 4.77. The number of carbonyl (C=O) groups is 2. The molecule has 2 heterocycles. The maximum atomic E-state index is 13.6. The highest BCUT2D eigenvalue weighted by molar-refractivity contribution is 7.17. The number of rotatable bonds is 7.